The summed E-state index contributed by atoms with van der Waals surface area (Å²) >= 11 is 0. The number of hydrogen-bond donors (Lipinski definition) is 1. The topological polar surface area (TPSA) is 35.8 Å². The van der Waals surface area contributed by atoms with Crippen LogP contribution < -0.4 is 5.32 Å². The highest BCUT2D eigenvalue weighted by Gasteiger charge is 2.27. The van der Waals surface area contributed by atoms with Crippen molar-refractivity contribution < 1.29 is 0 Å². The molecule has 2 nitrogen and oxygen atoms in total. The maximum atomic E-state index is 9.27. The van der Waals surface area contributed by atoms with Gasteiger partial charge >= 0.3 is 0 Å². The Labute approximate surface area is 106 Å². The molecule has 0 aromatic carbocycles. The first kappa shape index (κ1) is 12.9. The molecule has 0 aromatic heterocycles. The zero-order valence-electron chi connectivity index (χ0n) is 11.1. The molecule has 2 saturated carbocycles. The molecule has 2 aliphatic carbocycles. The summed E-state index contributed by atoms with van der Waals surface area (Å²) < 4.78 is 0. The van der Waals surface area contributed by atoms with Gasteiger partial charge in [-0.05, 0) is 44.4 Å². The molecule has 2 aliphatic rings. The monoisotopic (exact) mass is 234 g/mol. The van der Waals surface area contributed by atoms with E-state index in [-0.39, 0.29) is 5.92 Å². The summed E-state index contributed by atoms with van der Waals surface area (Å²) in [6.07, 6.45) is 11.5. The van der Waals surface area contributed by atoms with Crippen LogP contribution >= 0.6 is 0 Å². The average Bonchev–Trinajstić information content (AvgIpc) is 2.57. The van der Waals surface area contributed by atoms with Crippen molar-refractivity contribution in [2.75, 3.05) is 0 Å². The van der Waals surface area contributed by atoms with E-state index in [1.54, 1.807) is 0 Å². The molecular weight excluding hydrogens is 208 g/mol. The third-order valence-electron chi connectivity index (χ3n) is 4.65. The first-order chi connectivity index (χ1) is 8.29. The number of nitrogens with zero attached hydrogens (tertiary/aromatic N) is 1. The molecule has 0 radical (unpaired) electrons. The van der Waals surface area contributed by atoms with Gasteiger partial charge in [-0.3, -0.25) is 0 Å². The van der Waals surface area contributed by atoms with Crippen molar-refractivity contribution >= 4 is 0 Å². The molecule has 0 amide bonds. The van der Waals surface area contributed by atoms with Gasteiger partial charge < -0.3 is 5.32 Å². The molecule has 0 saturated heterocycles. The number of nitrogens with one attached hydrogen (secondary N) is 1. The smallest absolute Gasteiger partial charge is 0.0672 e. The van der Waals surface area contributed by atoms with E-state index in [0.29, 0.717) is 12.1 Å². The molecule has 17 heavy (non-hydrogen) atoms. The fourth-order valence-electron chi connectivity index (χ4n) is 3.39. The van der Waals surface area contributed by atoms with E-state index in [2.05, 4.69) is 18.3 Å². The Bertz CT molecular complexity index is 261. The lowest BCUT2D eigenvalue weighted by molar-refractivity contribution is 0.262. The van der Waals surface area contributed by atoms with E-state index in [1.165, 1.54) is 51.4 Å². The molecule has 2 rings (SSSR count). The van der Waals surface area contributed by atoms with Gasteiger partial charge in [0.15, 0.2) is 0 Å². The fraction of sp³-hybridized carbons (Fsp3) is 0.933. The van der Waals surface area contributed by atoms with E-state index >= 15 is 0 Å². The summed E-state index contributed by atoms with van der Waals surface area (Å²) in [5.41, 5.74) is 0. The lowest BCUT2D eigenvalue weighted by atomic mass is 9.86. The lowest BCUT2D eigenvalue weighted by Crippen LogP contribution is -2.43. The quantitative estimate of drug-likeness (QED) is 0.741. The zero-order valence-corrected chi connectivity index (χ0v) is 11.1. The Morgan fingerprint density at radius 2 is 1.65 bits per heavy atom. The summed E-state index contributed by atoms with van der Waals surface area (Å²) in [7, 11) is 0. The van der Waals surface area contributed by atoms with Gasteiger partial charge in [-0.1, -0.05) is 26.2 Å². The largest absolute Gasteiger partial charge is 0.310 e. The van der Waals surface area contributed by atoms with Crippen LogP contribution in [0.2, 0.25) is 0 Å². The molecule has 2 fully saturated rings. The second-order valence-electron chi connectivity index (χ2n) is 6.10. The molecular formula is C15H26N2. The molecule has 0 bridgehead atoms. The first-order valence-electron chi connectivity index (χ1n) is 7.45. The molecule has 0 aromatic rings. The Morgan fingerprint density at radius 3 is 2.35 bits per heavy atom. The molecule has 2 atom stereocenters. The summed E-state index contributed by atoms with van der Waals surface area (Å²) in [5.74, 6) is 1.17. The van der Waals surface area contributed by atoms with Crippen molar-refractivity contribution in [1.29, 1.82) is 5.26 Å². The van der Waals surface area contributed by atoms with Crippen LogP contribution in [-0.4, -0.2) is 12.1 Å². The summed E-state index contributed by atoms with van der Waals surface area (Å²) in [5, 5.41) is 13.1. The maximum absolute atomic E-state index is 9.27. The van der Waals surface area contributed by atoms with E-state index in [9.17, 15) is 5.26 Å². The predicted molar refractivity (Wildman–Crippen MR) is 70.5 cm³/mol. The van der Waals surface area contributed by atoms with Crippen LogP contribution in [0.5, 0.6) is 0 Å². The van der Waals surface area contributed by atoms with Crippen LogP contribution in [0.1, 0.15) is 64.7 Å². The van der Waals surface area contributed by atoms with Gasteiger partial charge in [0.2, 0.25) is 0 Å². The third-order valence-corrected chi connectivity index (χ3v) is 4.65. The van der Waals surface area contributed by atoms with Gasteiger partial charge in [0.25, 0.3) is 0 Å². The SMILES string of the molecule is CC1CCC(NC2CCCCCC2C#N)CC1. The highest BCUT2D eigenvalue weighted by molar-refractivity contribution is 4.95. The lowest BCUT2D eigenvalue weighted by Gasteiger charge is -2.32. The Morgan fingerprint density at radius 1 is 0.941 bits per heavy atom. The third kappa shape index (κ3) is 3.71. The molecule has 1 N–H and O–H groups in total. The number of nitriles is 1. The van der Waals surface area contributed by atoms with Gasteiger partial charge in [0.05, 0.1) is 12.0 Å². The highest BCUT2D eigenvalue weighted by atomic mass is 15.0. The Kier molecular flexibility index (Phi) is 4.86. The predicted octanol–water partition coefficient (Wildman–Crippen LogP) is 3.63. The summed E-state index contributed by atoms with van der Waals surface area (Å²) in [4.78, 5) is 0. The molecule has 0 heterocycles. The normalized spacial score (nSPS) is 39.3. The van der Waals surface area contributed by atoms with Crippen molar-refractivity contribution in [3.05, 3.63) is 0 Å². The fourth-order valence-corrected chi connectivity index (χ4v) is 3.39. The minimum atomic E-state index is 0.261. The second kappa shape index (κ2) is 6.40. The molecule has 2 heteroatoms. The average molecular weight is 234 g/mol. The molecule has 2 unspecified atom stereocenters. The van der Waals surface area contributed by atoms with E-state index < -0.39 is 0 Å². The standard InChI is InChI=1S/C15H26N2/c1-12-7-9-14(10-8-12)17-15-6-4-2-3-5-13(15)11-16/h12-15,17H,2-10H2,1H3. The van der Waals surface area contributed by atoms with E-state index in [1.807, 2.05) is 0 Å². The van der Waals surface area contributed by atoms with Crippen molar-refractivity contribution in [3.63, 3.8) is 0 Å². The van der Waals surface area contributed by atoms with Crippen LogP contribution in [-0.2, 0) is 0 Å². The van der Waals surface area contributed by atoms with Crippen molar-refractivity contribution in [2.24, 2.45) is 11.8 Å². The van der Waals surface area contributed by atoms with Gasteiger partial charge in [-0.25, -0.2) is 0 Å². The van der Waals surface area contributed by atoms with Crippen LogP contribution in [0.25, 0.3) is 0 Å². The van der Waals surface area contributed by atoms with Gasteiger partial charge in [0.1, 0.15) is 0 Å². The van der Waals surface area contributed by atoms with Crippen LogP contribution in [0, 0.1) is 23.2 Å². The minimum Gasteiger partial charge on any atom is -0.310 e. The van der Waals surface area contributed by atoms with Crippen LogP contribution in [0.4, 0.5) is 0 Å². The van der Waals surface area contributed by atoms with E-state index in [0.717, 1.165) is 12.3 Å². The Balaban J connectivity index is 1.85. The number of rotatable bonds is 2. The highest BCUT2D eigenvalue weighted by Crippen LogP contribution is 2.27. The maximum Gasteiger partial charge on any atom is 0.0672 e. The molecule has 0 aliphatic heterocycles. The van der Waals surface area contributed by atoms with Crippen molar-refractivity contribution in [1.82, 2.24) is 5.32 Å². The molecule has 96 valence electrons. The van der Waals surface area contributed by atoms with Gasteiger partial charge in [-0.15, -0.1) is 0 Å². The second-order valence-corrected chi connectivity index (χ2v) is 6.10. The summed E-state index contributed by atoms with van der Waals surface area (Å²) in [6, 6.07) is 3.69. The van der Waals surface area contributed by atoms with Crippen molar-refractivity contribution in [3.8, 4) is 6.07 Å². The van der Waals surface area contributed by atoms with Crippen LogP contribution in [0.15, 0.2) is 0 Å². The Hall–Kier alpha value is -0.550. The molecule has 0 spiro atoms. The first-order valence-corrected chi connectivity index (χ1v) is 7.45. The number of hydrogen-bond acceptors (Lipinski definition) is 2. The van der Waals surface area contributed by atoms with Crippen LogP contribution in [0.3, 0.4) is 0 Å². The zero-order chi connectivity index (χ0) is 12.1. The van der Waals surface area contributed by atoms with E-state index in [4.69, 9.17) is 0 Å². The van der Waals surface area contributed by atoms with Gasteiger partial charge in [0, 0.05) is 12.1 Å². The minimum absolute atomic E-state index is 0.261. The van der Waals surface area contributed by atoms with Crippen molar-refractivity contribution in [2.45, 2.75) is 76.8 Å². The van der Waals surface area contributed by atoms with Gasteiger partial charge in [-0.2, -0.15) is 5.26 Å². The summed E-state index contributed by atoms with van der Waals surface area (Å²) in [6.45, 7) is 2.36.